The van der Waals surface area contributed by atoms with Gasteiger partial charge in [-0.2, -0.15) is 13.2 Å². The lowest BCUT2D eigenvalue weighted by molar-refractivity contribution is -0.135. The Hall–Kier alpha value is -0.660. The summed E-state index contributed by atoms with van der Waals surface area (Å²) in [4.78, 5) is 4.35. The molecule has 1 heterocycles. The van der Waals surface area contributed by atoms with Crippen molar-refractivity contribution in [2.24, 2.45) is 5.73 Å². The zero-order valence-electron chi connectivity index (χ0n) is 10.1. The zero-order valence-corrected chi connectivity index (χ0v) is 10.9. The van der Waals surface area contributed by atoms with Gasteiger partial charge in [0.1, 0.15) is 0 Å². The molecule has 0 spiro atoms. The van der Waals surface area contributed by atoms with Gasteiger partial charge in [0, 0.05) is 24.8 Å². The number of aromatic nitrogens is 1. The first-order valence-corrected chi connectivity index (χ1v) is 6.80. The minimum Gasteiger partial charge on any atom is -0.330 e. The maximum Gasteiger partial charge on any atom is 0.389 e. The highest BCUT2D eigenvalue weighted by Gasteiger charge is 2.25. The molecule has 0 saturated heterocycles. The summed E-state index contributed by atoms with van der Waals surface area (Å²) in [7, 11) is 0. The van der Waals surface area contributed by atoms with E-state index in [9.17, 15) is 13.2 Å². The summed E-state index contributed by atoms with van der Waals surface area (Å²) in [5, 5.41) is 6.05. The topological polar surface area (TPSA) is 50.9 Å². The molecule has 0 unspecified atom stereocenters. The van der Waals surface area contributed by atoms with Crippen LogP contribution in [0.15, 0.2) is 5.38 Å². The maximum absolute atomic E-state index is 11.9. The predicted molar refractivity (Wildman–Crippen MR) is 66.5 cm³/mol. The van der Waals surface area contributed by atoms with Crippen molar-refractivity contribution in [3.8, 4) is 0 Å². The maximum atomic E-state index is 11.9. The Morgan fingerprint density at radius 1 is 1.33 bits per heavy atom. The fourth-order valence-electron chi connectivity index (χ4n) is 1.46. The highest BCUT2D eigenvalue weighted by molar-refractivity contribution is 7.09. The lowest BCUT2D eigenvalue weighted by Gasteiger charge is -2.06. The molecule has 1 aromatic rings. The number of halogens is 3. The molecule has 0 aromatic carbocycles. The molecule has 1 aromatic heterocycles. The number of nitrogens with one attached hydrogen (secondary N) is 1. The third kappa shape index (κ3) is 6.93. The first-order valence-electron chi connectivity index (χ1n) is 5.92. The Labute approximate surface area is 109 Å². The number of alkyl halides is 3. The second-order valence-corrected chi connectivity index (χ2v) is 4.96. The van der Waals surface area contributed by atoms with E-state index in [4.69, 9.17) is 5.73 Å². The Bertz CT molecular complexity index is 339. The van der Waals surface area contributed by atoms with Gasteiger partial charge in [0.2, 0.25) is 0 Å². The van der Waals surface area contributed by atoms with Crippen molar-refractivity contribution in [3.05, 3.63) is 16.1 Å². The molecule has 3 N–H and O–H groups in total. The summed E-state index contributed by atoms with van der Waals surface area (Å²) in [6.45, 7) is 1.77. The molecule has 0 aliphatic heterocycles. The van der Waals surface area contributed by atoms with Gasteiger partial charge in [-0.25, -0.2) is 4.98 Å². The first-order chi connectivity index (χ1) is 8.51. The standard InChI is InChI=1S/C11H18F3N3S/c12-11(13,14)4-1-2-6-16-7-9-8-18-10(17-9)3-5-15/h8,16H,1-7,15H2. The smallest absolute Gasteiger partial charge is 0.330 e. The van der Waals surface area contributed by atoms with Gasteiger partial charge in [0.15, 0.2) is 0 Å². The van der Waals surface area contributed by atoms with Gasteiger partial charge in [-0.1, -0.05) is 0 Å². The molecule has 0 bridgehead atoms. The molecule has 18 heavy (non-hydrogen) atoms. The summed E-state index contributed by atoms with van der Waals surface area (Å²) in [6.07, 6.45) is -3.26. The van der Waals surface area contributed by atoms with Gasteiger partial charge in [-0.15, -0.1) is 11.3 Å². The van der Waals surface area contributed by atoms with Crippen LogP contribution in [0.1, 0.15) is 30.0 Å². The Balaban J connectivity index is 2.07. The molecule has 0 saturated carbocycles. The van der Waals surface area contributed by atoms with Crippen LogP contribution < -0.4 is 11.1 Å². The van der Waals surface area contributed by atoms with Gasteiger partial charge in [0.25, 0.3) is 0 Å². The molecule has 0 radical (unpaired) electrons. The Morgan fingerprint density at radius 3 is 2.78 bits per heavy atom. The van der Waals surface area contributed by atoms with Crippen LogP contribution in [0.3, 0.4) is 0 Å². The predicted octanol–water partition coefficient (Wildman–Crippen LogP) is 2.47. The van der Waals surface area contributed by atoms with Gasteiger partial charge >= 0.3 is 6.18 Å². The van der Waals surface area contributed by atoms with E-state index in [1.165, 1.54) is 0 Å². The highest BCUT2D eigenvalue weighted by atomic mass is 32.1. The van der Waals surface area contributed by atoms with Crippen molar-refractivity contribution in [3.63, 3.8) is 0 Å². The number of rotatable bonds is 8. The van der Waals surface area contributed by atoms with Crippen molar-refractivity contribution in [1.29, 1.82) is 0 Å². The summed E-state index contributed by atoms with van der Waals surface area (Å²) < 4.78 is 35.6. The van der Waals surface area contributed by atoms with E-state index in [2.05, 4.69) is 10.3 Å². The van der Waals surface area contributed by atoms with Crippen LogP contribution in [0.4, 0.5) is 13.2 Å². The number of hydrogen-bond acceptors (Lipinski definition) is 4. The molecule has 0 atom stereocenters. The summed E-state index contributed by atoms with van der Waals surface area (Å²) in [5.41, 5.74) is 6.35. The normalized spacial score (nSPS) is 12.0. The van der Waals surface area contributed by atoms with E-state index >= 15 is 0 Å². The van der Waals surface area contributed by atoms with E-state index in [1.54, 1.807) is 11.3 Å². The first kappa shape index (κ1) is 15.4. The quantitative estimate of drug-likeness (QED) is 0.720. The van der Waals surface area contributed by atoms with Crippen LogP contribution >= 0.6 is 11.3 Å². The van der Waals surface area contributed by atoms with Crippen molar-refractivity contribution < 1.29 is 13.2 Å². The lowest BCUT2D eigenvalue weighted by atomic mass is 10.2. The van der Waals surface area contributed by atoms with Crippen molar-refractivity contribution in [2.75, 3.05) is 13.1 Å². The van der Waals surface area contributed by atoms with Crippen LogP contribution in [-0.2, 0) is 13.0 Å². The molecule has 7 heteroatoms. The number of nitrogens with zero attached hydrogens (tertiary/aromatic N) is 1. The van der Waals surface area contributed by atoms with E-state index < -0.39 is 12.6 Å². The number of thiazole rings is 1. The highest BCUT2D eigenvalue weighted by Crippen LogP contribution is 2.21. The van der Waals surface area contributed by atoms with Crippen LogP contribution in [0.2, 0.25) is 0 Å². The van der Waals surface area contributed by atoms with Crippen molar-refractivity contribution in [2.45, 2.75) is 38.4 Å². The second kappa shape index (κ2) is 7.70. The van der Waals surface area contributed by atoms with Gasteiger partial charge in [-0.05, 0) is 25.9 Å². The average Bonchev–Trinajstić information content (AvgIpc) is 2.70. The monoisotopic (exact) mass is 281 g/mol. The number of nitrogens with two attached hydrogens (primary N) is 1. The summed E-state index contributed by atoms with van der Waals surface area (Å²) >= 11 is 1.57. The Morgan fingerprint density at radius 2 is 2.11 bits per heavy atom. The minimum absolute atomic E-state index is 0.173. The molecule has 0 aliphatic rings. The number of unbranched alkanes of at least 4 members (excludes halogenated alkanes) is 1. The van der Waals surface area contributed by atoms with E-state index in [0.717, 1.165) is 17.1 Å². The lowest BCUT2D eigenvalue weighted by Crippen LogP contribution is -2.16. The number of hydrogen-bond donors (Lipinski definition) is 2. The summed E-state index contributed by atoms with van der Waals surface area (Å²) in [6, 6.07) is 0. The molecule has 3 nitrogen and oxygen atoms in total. The molecular weight excluding hydrogens is 263 g/mol. The fourth-order valence-corrected chi connectivity index (χ4v) is 2.27. The van der Waals surface area contributed by atoms with Crippen molar-refractivity contribution >= 4 is 11.3 Å². The van der Waals surface area contributed by atoms with Crippen LogP contribution in [0.25, 0.3) is 0 Å². The molecule has 0 amide bonds. The molecule has 0 fully saturated rings. The van der Waals surface area contributed by atoms with Crippen LogP contribution in [0, 0.1) is 0 Å². The zero-order chi connectivity index (χ0) is 13.4. The molecule has 104 valence electrons. The van der Waals surface area contributed by atoms with Crippen molar-refractivity contribution in [1.82, 2.24) is 10.3 Å². The van der Waals surface area contributed by atoms with Crippen LogP contribution in [0.5, 0.6) is 0 Å². The SMILES string of the molecule is NCCc1nc(CNCCCCC(F)(F)F)cs1. The van der Waals surface area contributed by atoms with Gasteiger partial charge < -0.3 is 11.1 Å². The van der Waals surface area contributed by atoms with Gasteiger partial charge in [-0.3, -0.25) is 0 Å². The van der Waals surface area contributed by atoms with E-state index in [1.807, 2.05) is 5.38 Å². The third-order valence-electron chi connectivity index (χ3n) is 2.33. The summed E-state index contributed by atoms with van der Waals surface area (Å²) in [5.74, 6) is 0. The van der Waals surface area contributed by atoms with E-state index in [0.29, 0.717) is 26.1 Å². The second-order valence-electron chi connectivity index (χ2n) is 4.02. The molecule has 0 aliphatic carbocycles. The minimum atomic E-state index is -4.04. The third-order valence-corrected chi connectivity index (χ3v) is 3.28. The van der Waals surface area contributed by atoms with Crippen LogP contribution in [-0.4, -0.2) is 24.2 Å². The average molecular weight is 281 g/mol. The Kier molecular flexibility index (Phi) is 6.59. The molecule has 1 rings (SSSR count). The van der Waals surface area contributed by atoms with Gasteiger partial charge in [0.05, 0.1) is 10.7 Å². The van der Waals surface area contributed by atoms with E-state index in [-0.39, 0.29) is 6.42 Å². The molecular formula is C11H18F3N3S. The fraction of sp³-hybridized carbons (Fsp3) is 0.727. The largest absolute Gasteiger partial charge is 0.389 e.